The summed E-state index contributed by atoms with van der Waals surface area (Å²) in [6.07, 6.45) is 2.83. The Hall–Kier alpha value is -3.08. The van der Waals surface area contributed by atoms with Crippen LogP contribution in [0.15, 0.2) is 60.8 Å². The number of anilines is 3. The summed E-state index contributed by atoms with van der Waals surface area (Å²) < 4.78 is 5.48. The van der Waals surface area contributed by atoms with E-state index in [1.54, 1.807) is 6.20 Å². The zero-order chi connectivity index (χ0) is 17.8. The molecule has 0 fully saturated rings. The minimum atomic E-state index is 0.668. The minimum absolute atomic E-state index is 0.668. The first kappa shape index (κ1) is 16.4. The Morgan fingerprint density at radius 2 is 1.85 bits per heavy atom. The summed E-state index contributed by atoms with van der Waals surface area (Å²) in [7, 11) is 0. The van der Waals surface area contributed by atoms with E-state index in [1.807, 2.05) is 37.3 Å². The van der Waals surface area contributed by atoms with Crippen molar-refractivity contribution in [2.75, 3.05) is 23.4 Å². The van der Waals surface area contributed by atoms with Crippen molar-refractivity contribution in [3.05, 3.63) is 71.9 Å². The molecule has 1 N–H and O–H groups in total. The summed E-state index contributed by atoms with van der Waals surface area (Å²) in [5.74, 6) is 2.42. The summed E-state index contributed by atoms with van der Waals surface area (Å²) >= 11 is 0. The normalized spacial score (nSPS) is 13.2. The van der Waals surface area contributed by atoms with Gasteiger partial charge in [-0.3, -0.25) is 0 Å². The van der Waals surface area contributed by atoms with Crippen molar-refractivity contribution in [2.24, 2.45) is 0 Å². The largest absolute Gasteiger partial charge is 0.494 e. The summed E-state index contributed by atoms with van der Waals surface area (Å²) in [6, 6.07) is 18.4. The van der Waals surface area contributed by atoms with Gasteiger partial charge in [0.05, 0.1) is 6.61 Å². The van der Waals surface area contributed by atoms with Crippen LogP contribution >= 0.6 is 0 Å². The number of hydrogen-bond donors (Lipinski definition) is 1. The maximum atomic E-state index is 5.48. The second-order valence-corrected chi connectivity index (χ2v) is 6.26. The van der Waals surface area contributed by atoms with Crippen LogP contribution in [0.1, 0.15) is 18.1 Å². The molecule has 1 aliphatic heterocycles. The highest BCUT2D eigenvalue weighted by molar-refractivity contribution is 5.58. The van der Waals surface area contributed by atoms with Gasteiger partial charge in [0, 0.05) is 25.0 Å². The lowest BCUT2D eigenvalue weighted by atomic mass is 10.0. The van der Waals surface area contributed by atoms with E-state index in [0.717, 1.165) is 42.7 Å². The average molecular weight is 346 g/mol. The molecule has 26 heavy (non-hydrogen) atoms. The molecule has 132 valence electrons. The van der Waals surface area contributed by atoms with Crippen LogP contribution in [-0.2, 0) is 13.0 Å². The molecule has 0 bridgehead atoms. The predicted molar refractivity (Wildman–Crippen MR) is 104 cm³/mol. The van der Waals surface area contributed by atoms with Gasteiger partial charge < -0.3 is 15.0 Å². The molecule has 5 heteroatoms. The molecular formula is C21H22N4O. The number of nitrogens with zero attached hydrogens (tertiary/aromatic N) is 3. The molecule has 0 unspecified atom stereocenters. The van der Waals surface area contributed by atoms with E-state index >= 15 is 0 Å². The molecule has 0 saturated heterocycles. The van der Waals surface area contributed by atoms with Crippen molar-refractivity contribution in [3.8, 4) is 5.75 Å². The van der Waals surface area contributed by atoms with Crippen LogP contribution in [0.2, 0.25) is 0 Å². The van der Waals surface area contributed by atoms with Gasteiger partial charge in [-0.2, -0.15) is 4.98 Å². The van der Waals surface area contributed by atoms with Crippen LogP contribution in [0, 0.1) is 0 Å². The molecule has 1 aromatic heterocycles. The lowest BCUT2D eigenvalue weighted by Crippen LogP contribution is -2.31. The highest BCUT2D eigenvalue weighted by atomic mass is 16.5. The number of nitrogens with one attached hydrogen (secondary N) is 1. The van der Waals surface area contributed by atoms with Gasteiger partial charge in [-0.05, 0) is 54.8 Å². The first-order valence-corrected chi connectivity index (χ1v) is 8.96. The molecule has 5 nitrogen and oxygen atoms in total. The van der Waals surface area contributed by atoms with Crippen molar-refractivity contribution < 1.29 is 4.74 Å². The van der Waals surface area contributed by atoms with E-state index in [0.29, 0.717) is 6.61 Å². The van der Waals surface area contributed by atoms with Crippen LogP contribution in [0.25, 0.3) is 0 Å². The molecule has 0 radical (unpaired) electrons. The van der Waals surface area contributed by atoms with E-state index in [-0.39, 0.29) is 0 Å². The average Bonchev–Trinajstić information content (AvgIpc) is 2.69. The van der Waals surface area contributed by atoms with Crippen LogP contribution in [-0.4, -0.2) is 23.1 Å². The van der Waals surface area contributed by atoms with Gasteiger partial charge in [0.25, 0.3) is 0 Å². The van der Waals surface area contributed by atoms with E-state index < -0.39 is 0 Å². The maximum Gasteiger partial charge on any atom is 0.227 e. The zero-order valence-electron chi connectivity index (χ0n) is 14.9. The number of hydrogen-bond acceptors (Lipinski definition) is 5. The first-order chi connectivity index (χ1) is 12.8. The minimum Gasteiger partial charge on any atom is -0.494 e. The molecule has 2 heterocycles. The Kier molecular flexibility index (Phi) is 4.69. The Bertz CT molecular complexity index is 879. The third-order valence-corrected chi connectivity index (χ3v) is 4.49. The Morgan fingerprint density at radius 1 is 1.04 bits per heavy atom. The monoisotopic (exact) mass is 346 g/mol. The standard InChI is InChI=1S/C21H22N4O/c1-2-26-19-9-7-18(8-10-19)23-20-11-13-22-21(24-20)25-14-12-16-5-3-4-6-17(16)15-25/h3-11,13H,2,12,14-15H2,1H3,(H,22,23,24). The lowest BCUT2D eigenvalue weighted by molar-refractivity contribution is 0.340. The number of rotatable bonds is 5. The predicted octanol–water partition coefficient (Wildman–Crippen LogP) is 4.18. The Labute approximate surface area is 153 Å². The molecule has 0 spiro atoms. The van der Waals surface area contributed by atoms with Crippen LogP contribution in [0.4, 0.5) is 17.5 Å². The van der Waals surface area contributed by atoms with Gasteiger partial charge in [-0.1, -0.05) is 24.3 Å². The third-order valence-electron chi connectivity index (χ3n) is 4.49. The fourth-order valence-electron chi connectivity index (χ4n) is 3.19. The maximum absolute atomic E-state index is 5.48. The van der Waals surface area contributed by atoms with Gasteiger partial charge in [-0.25, -0.2) is 4.98 Å². The topological polar surface area (TPSA) is 50.3 Å². The van der Waals surface area contributed by atoms with Gasteiger partial charge in [0.2, 0.25) is 5.95 Å². The molecule has 2 aromatic carbocycles. The van der Waals surface area contributed by atoms with Gasteiger partial charge >= 0.3 is 0 Å². The van der Waals surface area contributed by atoms with E-state index in [4.69, 9.17) is 9.72 Å². The SMILES string of the molecule is CCOc1ccc(Nc2ccnc(N3CCc4ccccc4C3)n2)cc1. The van der Waals surface area contributed by atoms with Crippen molar-refractivity contribution in [2.45, 2.75) is 19.9 Å². The van der Waals surface area contributed by atoms with Crippen LogP contribution < -0.4 is 15.0 Å². The third kappa shape index (κ3) is 3.61. The number of aromatic nitrogens is 2. The zero-order valence-corrected chi connectivity index (χ0v) is 14.9. The number of benzene rings is 2. The van der Waals surface area contributed by atoms with Gasteiger partial charge in [0.15, 0.2) is 0 Å². The molecule has 0 aliphatic carbocycles. The second-order valence-electron chi connectivity index (χ2n) is 6.26. The summed E-state index contributed by atoms with van der Waals surface area (Å²) in [5, 5.41) is 3.34. The number of ether oxygens (including phenoxy) is 1. The second kappa shape index (κ2) is 7.44. The first-order valence-electron chi connectivity index (χ1n) is 8.96. The van der Waals surface area contributed by atoms with Crippen molar-refractivity contribution in [1.29, 1.82) is 0 Å². The molecule has 1 aliphatic rings. The van der Waals surface area contributed by atoms with Gasteiger partial charge in [0.1, 0.15) is 11.6 Å². The quantitative estimate of drug-likeness (QED) is 0.751. The molecule has 0 atom stereocenters. The van der Waals surface area contributed by atoms with E-state index in [1.165, 1.54) is 11.1 Å². The van der Waals surface area contributed by atoms with Crippen molar-refractivity contribution in [1.82, 2.24) is 9.97 Å². The molecule has 0 saturated carbocycles. The summed E-state index contributed by atoms with van der Waals surface area (Å²) in [4.78, 5) is 11.4. The molecular weight excluding hydrogens is 324 g/mol. The smallest absolute Gasteiger partial charge is 0.227 e. The summed E-state index contributed by atoms with van der Waals surface area (Å²) in [5.41, 5.74) is 3.75. The van der Waals surface area contributed by atoms with Gasteiger partial charge in [-0.15, -0.1) is 0 Å². The van der Waals surface area contributed by atoms with Crippen LogP contribution in [0.5, 0.6) is 5.75 Å². The lowest BCUT2D eigenvalue weighted by Gasteiger charge is -2.28. The van der Waals surface area contributed by atoms with E-state index in [9.17, 15) is 0 Å². The van der Waals surface area contributed by atoms with E-state index in [2.05, 4.69) is 39.5 Å². The number of fused-ring (bicyclic) bond motifs is 1. The summed E-state index contributed by atoms with van der Waals surface area (Å²) in [6.45, 7) is 4.43. The Balaban J connectivity index is 1.48. The Morgan fingerprint density at radius 3 is 2.65 bits per heavy atom. The molecule has 0 amide bonds. The fraction of sp³-hybridized carbons (Fsp3) is 0.238. The highest BCUT2D eigenvalue weighted by Gasteiger charge is 2.18. The van der Waals surface area contributed by atoms with Crippen molar-refractivity contribution >= 4 is 17.5 Å². The highest BCUT2D eigenvalue weighted by Crippen LogP contribution is 2.24. The molecule has 3 aromatic rings. The van der Waals surface area contributed by atoms with Crippen LogP contribution in [0.3, 0.4) is 0 Å². The van der Waals surface area contributed by atoms with Crippen molar-refractivity contribution in [3.63, 3.8) is 0 Å². The molecule has 4 rings (SSSR count). The fourth-order valence-corrected chi connectivity index (χ4v) is 3.19.